The lowest BCUT2D eigenvalue weighted by molar-refractivity contribution is 0.0952. The first-order valence-electron chi connectivity index (χ1n) is 7.89. The number of likely N-dealkylation sites (N-methyl/N-ethyl adjacent to an activating group) is 1. The number of aromatic nitrogens is 1. The molecule has 0 saturated carbocycles. The fourth-order valence-corrected chi connectivity index (χ4v) is 3.88. The predicted molar refractivity (Wildman–Crippen MR) is 94.0 cm³/mol. The average molecular weight is 365 g/mol. The molecule has 2 rings (SSSR count). The molecule has 1 heterocycles. The van der Waals surface area contributed by atoms with E-state index in [1.807, 2.05) is 26.0 Å². The van der Waals surface area contributed by atoms with E-state index in [0.29, 0.717) is 11.3 Å². The fourth-order valence-electron chi connectivity index (χ4n) is 2.43. The van der Waals surface area contributed by atoms with Crippen LogP contribution in [0.25, 0.3) is 0 Å². The Balaban J connectivity index is 1.99. The van der Waals surface area contributed by atoms with Crippen molar-refractivity contribution in [3.8, 4) is 0 Å². The first-order valence-corrected chi connectivity index (χ1v) is 9.33. The maximum atomic E-state index is 12.6. The van der Waals surface area contributed by atoms with Gasteiger partial charge in [-0.25, -0.2) is 8.42 Å². The van der Waals surface area contributed by atoms with Gasteiger partial charge in [-0.3, -0.25) is 4.79 Å². The molecular formula is C17H23N3O4S. The fraction of sp³-hybridized carbons (Fsp3) is 0.412. The summed E-state index contributed by atoms with van der Waals surface area (Å²) in [5.74, 6) is 0.0229. The normalized spacial score (nSPS) is 11.8. The van der Waals surface area contributed by atoms with Crippen molar-refractivity contribution < 1.29 is 17.7 Å². The topological polar surface area (TPSA) is 92.5 Å². The first-order chi connectivity index (χ1) is 11.6. The Kier molecular flexibility index (Phi) is 5.64. The van der Waals surface area contributed by atoms with E-state index in [1.165, 1.54) is 11.4 Å². The maximum absolute atomic E-state index is 12.6. The Morgan fingerprint density at radius 3 is 2.44 bits per heavy atom. The molecule has 7 nitrogen and oxygen atoms in total. The molecule has 0 saturated heterocycles. The number of hydrogen-bond donors (Lipinski definition) is 1. The minimum Gasteiger partial charge on any atom is -0.360 e. The molecule has 1 N–H and O–H groups in total. The molecule has 0 fully saturated rings. The summed E-state index contributed by atoms with van der Waals surface area (Å²) in [5, 5.41) is 6.42. The molecule has 0 aliphatic carbocycles. The van der Waals surface area contributed by atoms with E-state index in [9.17, 15) is 13.2 Å². The van der Waals surface area contributed by atoms with E-state index in [0.717, 1.165) is 11.1 Å². The summed E-state index contributed by atoms with van der Waals surface area (Å²) in [6, 6.07) is 5.45. The second-order valence-electron chi connectivity index (χ2n) is 6.03. The molecular weight excluding hydrogens is 342 g/mol. The van der Waals surface area contributed by atoms with Crippen LogP contribution >= 0.6 is 0 Å². The summed E-state index contributed by atoms with van der Waals surface area (Å²) in [6.07, 6.45) is 0. The van der Waals surface area contributed by atoms with Crippen LogP contribution in [0.4, 0.5) is 0 Å². The first kappa shape index (κ1) is 19.1. The molecule has 0 unspecified atom stereocenters. The minimum atomic E-state index is -3.71. The smallest absolute Gasteiger partial charge is 0.251 e. The van der Waals surface area contributed by atoms with Gasteiger partial charge in [0.05, 0.1) is 0 Å². The molecule has 0 atom stereocenters. The Bertz CT molecular complexity index is 868. The average Bonchev–Trinajstić information content (AvgIpc) is 2.89. The van der Waals surface area contributed by atoms with Crippen LogP contribution < -0.4 is 5.32 Å². The molecule has 8 heteroatoms. The van der Waals surface area contributed by atoms with Crippen molar-refractivity contribution in [2.75, 3.05) is 20.1 Å². The summed E-state index contributed by atoms with van der Waals surface area (Å²) < 4.78 is 31.3. The minimum absolute atomic E-state index is 0.0792. The molecule has 1 amide bonds. The van der Waals surface area contributed by atoms with Crippen LogP contribution in [-0.4, -0.2) is 43.9 Å². The van der Waals surface area contributed by atoms with Gasteiger partial charge < -0.3 is 9.84 Å². The van der Waals surface area contributed by atoms with Crippen molar-refractivity contribution in [1.29, 1.82) is 0 Å². The van der Waals surface area contributed by atoms with Crippen molar-refractivity contribution in [2.45, 2.75) is 32.6 Å². The van der Waals surface area contributed by atoms with E-state index < -0.39 is 10.0 Å². The van der Waals surface area contributed by atoms with Crippen molar-refractivity contribution in [1.82, 2.24) is 14.8 Å². The number of rotatable bonds is 6. The van der Waals surface area contributed by atoms with E-state index >= 15 is 0 Å². The number of carbonyl (C=O) groups is 1. The lowest BCUT2D eigenvalue weighted by atomic mass is 10.1. The van der Waals surface area contributed by atoms with Crippen LogP contribution in [0.5, 0.6) is 0 Å². The Labute approximate surface area is 148 Å². The highest BCUT2D eigenvalue weighted by Gasteiger charge is 2.28. The molecule has 136 valence electrons. The van der Waals surface area contributed by atoms with Crippen molar-refractivity contribution in [3.63, 3.8) is 0 Å². The zero-order chi connectivity index (χ0) is 18.8. The molecule has 0 radical (unpaired) electrons. The highest BCUT2D eigenvalue weighted by molar-refractivity contribution is 7.89. The van der Waals surface area contributed by atoms with Gasteiger partial charge >= 0.3 is 0 Å². The summed E-state index contributed by atoms with van der Waals surface area (Å²) in [5.41, 5.74) is 3.02. The van der Waals surface area contributed by atoms with Gasteiger partial charge in [-0.05, 0) is 51.0 Å². The number of amides is 1. The van der Waals surface area contributed by atoms with Gasteiger partial charge in [0.25, 0.3) is 5.91 Å². The van der Waals surface area contributed by atoms with Gasteiger partial charge in [0.2, 0.25) is 10.0 Å². The Morgan fingerprint density at radius 2 is 1.88 bits per heavy atom. The second-order valence-corrected chi connectivity index (χ2v) is 8.02. The molecule has 2 aromatic rings. The van der Waals surface area contributed by atoms with Crippen LogP contribution in [0, 0.1) is 27.7 Å². The van der Waals surface area contributed by atoms with Crippen LogP contribution in [-0.2, 0) is 10.0 Å². The quantitative estimate of drug-likeness (QED) is 0.845. The van der Waals surface area contributed by atoms with Gasteiger partial charge in [-0.15, -0.1) is 0 Å². The van der Waals surface area contributed by atoms with Crippen LogP contribution in [0.2, 0.25) is 0 Å². The number of nitrogens with zero attached hydrogens (tertiary/aromatic N) is 2. The second kappa shape index (κ2) is 7.37. The van der Waals surface area contributed by atoms with Gasteiger partial charge in [0.1, 0.15) is 10.6 Å². The van der Waals surface area contributed by atoms with Gasteiger partial charge in [0.15, 0.2) is 5.76 Å². The molecule has 0 spiro atoms. The van der Waals surface area contributed by atoms with Crippen LogP contribution in [0.15, 0.2) is 27.6 Å². The predicted octanol–water partition coefficient (Wildman–Crippen LogP) is 1.96. The number of carbonyl (C=O) groups excluding carboxylic acids is 1. The number of hydrogen-bond acceptors (Lipinski definition) is 5. The van der Waals surface area contributed by atoms with Crippen molar-refractivity contribution in [3.05, 3.63) is 46.3 Å². The molecule has 0 aliphatic heterocycles. The number of nitrogens with one attached hydrogen (secondary N) is 1. The number of benzene rings is 1. The van der Waals surface area contributed by atoms with Gasteiger partial charge in [-0.2, -0.15) is 4.31 Å². The monoisotopic (exact) mass is 365 g/mol. The maximum Gasteiger partial charge on any atom is 0.251 e. The molecule has 0 aliphatic rings. The van der Waals surface area contributed by atoms with Crippen LogP contribution in [0.1, 0.15) is 32.9 Å². The largest absolute Gasteiger partial charge is 0.360 e. The highest BCUT2D eigenvalue weighted by atomic mass is 32.2. The van der Waals surface area contributed by atoms with E-state index in [2.05, 4.69) is 10.5 Å². The van der Waals surface area contributed by atoms with E-state index in [1.54, 1.807) is 19.9 Å². The van der Waals surface area contributed by atoms with E-state index in [-0.39, 0.29) is 29.7 Å². The third-order valence-corrected chi connectivity index (χ3v) is 6.22. The molecule has 25 heavy (non-hydrogen) atoms. The molecule has 1 aromatic carbocycles. The van der Waals surface area contributed by atoms with Gasteiger partial charge in [0, 0.05) is 25.7 Å². The summed E-state index contributed by atoms with van der Waals surface area (Å²) in [7, 11) is -2.24. The SMILES string of the molecule is Cc1ccc(C(=O)NCCN(C)S(=O)(=O)c2c(C)noc2C)cc1C. The lowest BCUT2D eigenvalue weighted by Gasteiger charge is -2.17. The van der Waals surface area contributed by atoms with Gasteiger partial charge in [-0.1, -0.05) is 11.2 Å². The van der Waals surface area contributed by atoms with Crippen LogP contribution in [0.3, 0.4) is 0 Å². The third kappa shape index (κ3) is 4.08. The zero-order valence-electron chi connectivity index (χ0n) is 15.1. The van der Waals surface area contributed by atoms with Crippen molar-refractivity contribution in [2.24, 2.45) is 0 Å². The summed E-state index contributed by atoms with van der Waals surface area (Å²) in [6.45, 7) is 7.40. The summed E-state index contributed by atoms with van der Waals surface area (Å²) in [4.78, 5) is 12.3. The lowest BCUT2D eigenvalue weighted by Crippen LogP contribution is -2.36. The highest BCUT2D eigenvalue weighted by Crippen LogP contribution is 2.21. The molecule has 0 bridgehead atoms. The third-order valence-electron chi connectivity index (χ3n) is 4.12. The zero-order valence-corrected chi connectivity index (χ0v) is 15.9. The number of sulfonamides is 1. The number of aryl methyl sites for hydroxylation is 4. The Morgan fingerprint density at radius 1 is 1.20 bits per heavy atom. The van der Waals surface area contributed by atoms with Crippen molar-refractivity contribution >= 4 is 15.9 Å². The van der Waals surface area contributed by atoms with E-state index in [4.69, 9.17) is 4.52 Å². The molecule has 1 aromatic heterocycles. The standard InChI is InChI=1S/C17H23N3O4S/c1-11-6-7-15(10-12(11)2)17(21)18-8-9-20(5)25(22,23)16-13(3)19-24-14(16)4/h6-7,10H,8-9H2,1-5H3,(H,18,21). The summed E-state index contributed by atoms with van der Waals surface area (Å²) >= 11 is 0. The Hall–Kier alpha value is -2.19.